The van der Waals surface area contributed by atoms with Gasteiger partial charge in [-0.3, -0.25) is 9.79 Å². The highest BCUT2D eigenvalue weighted by Gasteiger charge is 2.61. The molecule has 2 aliphatic rings. The Labute approximate surface area is 116 Å². The summed E-state index contributed by atoms with van der Waals surface area (Å²) < 4.78 is 36.1. The van der Waals surface area contributed by atoms with Gasteiger partial charge in [0, 0.05) is 6.20 Å². The molecule has 106 valence electrons. The quantitative estimate of drug-likeness (QED) is 0.819. The Morgan fingerprint density at radius 2 is 2.21 bits per heavy atom. The molecule has 0 aromatic rings. The summed E-state index contributed by atoms with van der Waals surface area (Å²) in [6.07, 6.45) is -2.85. The number of carbonyl (C=O) groups excluding carboxylic acids is 1. The van der Waals surface area contributed by atoms with Gasteiger partial charge < -0.3 is 10.6 Å². The first-order chi connectivity index (χ1) is 8.74. The zero-order valence-corrected chi connectivity index (χ0v) is 11.7. The van der Waals surface area contributed by atoms with Gasteiger partial charge in [-0.1, -0.05) is 11.8 Å². The second-order valence-electron chi connectivity index (χ2n) is 4.29. The number of rotatable bonds is 2. The Kier molecular flexibility index (Phi) is 3.78. The van der Waals surface area contributed by atoms with Crippen molar-refractivity contribution >= 4 is 34.6 Å². The normalized spacial score (nSPS) is 34.5. The van der Waals surface area contributed by atoms with E-state index in [9.17, 15) is 18.0 Å². The van der Waals surface area contributed by atoms with Gasteiger partial charge in [-0.25, -0.2) is 0 Å². The number of carbonyl (C=O) groups is 1. The van der Waals surface area contributed by atoms with Gasteiger partial charge in [0.15, 0.2) is 9.91 Å². The zero-order chi connectivity index (χ0) is 14.3. The maximum atomic E-state index is 12.8. The summed E-state index contributed by atoms with van der Waals surface area (Å²) in [6, 6.07) is -0.251. The van der Waals surface area contributed by atoms with Crippen molar-refractivity contribution in [3.8, 4) is 0 Å². The van der Waals surface area contributed by atoms with Crippen LogP contribution in [0.4, 0.5) is 13.2 Å². The molecule has 2 unspecified atom stereocenters. The largest absolute Gasteiger partial charge is 0.412 e. The molecule has 2 aliphatic heterocycles. The highest BCUT2D eigenvalue weighted by Crippen LogP contribution is 2.45. The summed E-state index contributed by atoms with van der Waals surface area (Å²) in [7, 11) is 0. The maximum Gasteiger partial charge on any atom is 0.412 e. The first-order valence-electron chi connectivity index (χ1n) is 5.45. The zero-order valence-electron chi connectivity index (χ0n) is 10.1. The lowest BCUT2D eigenvalue weighted by Crippen LogP contribution is -2.46. The topological polar surface area (TPSA) is 53.5 Å². The van der Waals surface area contributed by atoms with Gasteiger partial charge in [0.1, 0.15) is 0 Å². The molecule has 0 radical (unpaired) electrons. The summed E-state index contributed by atoms with van der Waals surface area (Å²) >= 11 is 1.92. The Hall–Kier alpha value is -0.830. The number of halogens is 3. The SMILES string of the molecule is C[C@H](N=C1NC(=O)C(C)(C(F)(F)F)S1)C1NC=CS1. The van der Waals surface area contributed by atoms with Crippen LogP contribution in [-0.2, 0) is 4.79 Å². The molecule has 2 N–H and O–H groups in total. The molecule has 1 fully saturated rings. The van der Waals surface area contributed by atoms with E-state index in [1.807, 2.05) is 5.41 Å². The molecule has 1 amide bonds. The lowest BCUT2D eigenvalue weighted by atomic mass is 10.1. The summed E-state index contributed by atoms with van der Waals surface area (Å²) in [5.41, 5.74) is 0. The van der Waals surface area contributed by atoms with Crippen molar-refractivity contribution < 1.29 is 18.0 Å². The van der Waals surface area contributed by atoms with E-state index in [2.05, 4.69) is 15.6 Å². The fourth-order valence-corrected chi connectivity index (χ4v) is 3.31. The fourth-order valence-electron chi connectivity index (χ4n) is 1.53. The van der Waals surface area contributed by atoms with Crippen LogP contribution in [0, 0.1) is 0 Å². The van der Waals surface area contributed by atoms with Crippen LogP contribution in [0.15, 0.2) is 16.6 Å². The molecule has 9 heteroatoms. The number of thioether (sulfide) groups is 2. The molecule has 4 nitrogen and oxygen atoms in total. The Morgan fingerprint density at radius 1 is 1.53 bits per heavy atom. The van der Waals surface area contributed by atoms with Crippen LogP contribution in [0.2, 0.25) is 0 Å². The molecular formula is C10H12F3N3OS2. The number of nitrogens with zero attached hydrogens (tertiary/aromatic N) is 1. The monoisotopic (exact) mass is 311 g/mol. The van der Waals surface area contributed by atoms with Crippen LogP contribution in [-0.4, -0.2) is 33.4 Å². The third-order valence-electron chi connectivity index (χ3n) is 2.81. The number of amides is 1. The van der Waals surface area contributed by atoms with E-state index in [1.165, 1.54) is 11.8 Å². The third kappa shape index (κ3) is 2.71. The molecule has 0 bridgehead atoms. The predicted molar refractivity (Wildman–Crippen MR) is 70.7 cm³/mol. The standard InChI is InChI=1S/C10H12F3N3OS2/c1-5(6-14-3-4-18-6)15-8-16-7(17)9(2,19-8)10(11,12)13/h3-6,14H,1-2H3,(H,15,16,17)/t5-,6?,9?/m0/s1. The van der Waals surface area contributed by atoms with Gasteiger partial charge in [0.05, 0.1) is 11.4 Å². The van der Waals surface area contributed by atoms with Crippen molar-refractivity contribution in [2.24, 2.45) is 4.99 Å². The van der Waals surface area contributed by atoms with Gasteiger partial charge >= 0.3 is 6.18 Å². The lowest BCUT2D eigenvalue weighted by molar-refractivity contribution is -0.166. The summed E-state index contributed by atoms with van der Waals surface area (Å²) in [5, 5.41) is 7.07. The average molecular weight is 311 g/mol. The number of aliphatic imine (C=N–C) groups is 1. The van der Waals surface area contributed by atoms with E-state index in [-0.39, 0.29) is 16.6 Å². The Morgan fingerprint density at radius 3 is 2.68 bits per heavy atom. The van der Waals surface area contributed by atoms with Gasteiger partial charge in [-0.05, 0) is 19.3 Å². The van der Waals surface area contributed by atoms with Crippen LogP contribution >= 0.6 is 23.5 Å². The molecule has 0 aromatic heterocycles. The second kappa shape index (κ2) is 4.93. The number of alkyl halides is 3. The van der Waals surface area contributed by atoms with Gasteiger partial charge in [-0.2, -0.15) is 13.2 Å². The predicted octanol–water partition coefficient (Wildman–Crippen LogP) is 2.05. The first-order valence-corrected chi connectivity index (χ1v) is 7.21. The highest BCUT2D eigenvalue weighted by atomic mass is 32.2. The van der Waals surface area contributed by atoms with Crippen molar-refractivity contribution in [2.45, 2.75) is 36.2 Å². The van der Waals surface area contributed by atoms with Gasteiger partial charge in [0.2, 0.25) is 0 Å². The minimum Gasteiger partial charge on any atom is -0.377 e. The molecule has 19 heavy (non-hydrogen) atoms. The Balaban J connectivity index is 2.10. The molecule has 0 aromatic carbocycles. The molecule has 2 heterocycles. The van der Waals surface area contributed by atoms with Crippen molar-refractivity contribution in [3.63, 3.8) is 0 Å². The van der Waals surface area contributed by atoms with E-state index in [4.69, 9.17) is 0 Å². The van der Waals surface area contributed by atoms with Gasteiger partial charge in [-0.15, -0.1) is 11.8 Å². The smallest absolute Gasteiger partial charge is 0.377 e. The molecule has 2 rings (SSSR count). The van der Waals surface area contributed by atoms with E-state index in [0.29, 0.717) is 11.8 Å². The number of nitrogens with one attached hydrogen (secondary N) is 2. The molecule has 0 aliphatic carbocycles. The first kappa shape index (κ1) is 14.6. The minimum atomic E-state index is -4.61. The summed E-state index contributed by atoms with van der Waals surface area (Å²) in [5.74, 6) is -1.07. The van der Waals surface area contributed by atoms with E-state index in [1.54, 1.807) is 13.1 Å². The number of amidine groups is 1. The van der Waals surface area contributed by atoms with Gasteiger partial charge in [0.25, 0.3) is 5.91 Å². The van der Waals surface area contributed by atoms with Crippen LogP contribution in [0.1, 0.15) is 13.8 Å². The number of hydrogen-bond donors (Lipinski definition) is 2. The van der Waals surface area contributed by atoms with Crippen LogP contribution in [0.3, 0.4) is 0 Å². The molecule has 0 spiro atoms. The van der Waals surface area contributed by atoms with Crippen molar-refractivity contribution in [1.82, 2.24) is 10.6 Å². The van der Waals surface area contributed by atoms with E-state index >= 15 is 0 Å². The molecule has 0 saturated carbocycles. The maximum absolute atomic E-state index is 12.8. The van der Waals surface area contributed by atoms with Crippen LogP contribution < -0.4 is 10.6 Å². The van der Waals surface area contributed by atoms with Crippen molar-refractivity contribution in [3.05, 3.63) is 11.6 Å². The van der Waals surface area contributed by atoms with Crippen LogP contribution in [0.5, 0.6) is 0 Å². The molecular weight excluding hydrogens is 299 g/mol. The summed E-state index contributed by atoms with van der Waals surface area (Å²) in [4.78, 5) is 15.6. The molecule has 3 atom stereocenters. The molecule has 1 saturated heterocycles. The third-order valence-corrected chi connectivity index (χ3v) is 5.15. The minimum absolute atomic E-state index is 0.0200. The van der Waals surface area contributed by atoms with E-state index in [0.717, 1.165) is 6.92 Å². The van der Waals surface area contributed by atoms with E-state index < -0.39 is 16.8 Å². The fraction of sp³-hybridized carbons (Fsp3) is 0.600. The van der Waals surface area contributed by atoms with Crippen molar-refractivity contribution in [1.29, 1.82) is 0 Å². The van der Waals surface area contributed by atoms with Crippen molar-refractivity contribution in [2.75, 3.05) is 0 Å². The second-order valence-corrected chi connectivity index (χ2v) is 6.75. The van der Waals surface area contributed by atoms with Crippen LogP contribution in [0.25, 0.3) is 0 Å². The lowest BCUT2D eigenvalue weighted by Gasteiger charge is -2.22. The average Bonchev–Trinajstić information content (AvgIpc) is 2.87. The Bertz CT molecular complexity index is 444. The summed E-state index contributed by atoms with van der Waals surface area (Å²) in [6.45, 7) is 2.64. The number of hydrogen-bond acceptors (Lipinski definition) is 5. The highest BCUT2D eigenvalue weighted by molar-refractivity contribution is 8.16.